The molecule has 0 bridgehead atoms. The average molecular weight is 312 g/mol. The summed E-state index contributed by atoms with van der Waals surface area (Å²) >= 11 is 6.02. The number of amides is 1. The van der Waals surface area contributed by atoms with Crippen molar-refractivity contribution < 1.29 is 9.32 Å². The second-order valence-corrected chi connectivity index (χ2v) is 5.75. The number of aromatic amines is 1. The maximum absolute atomic E-state index is 12.2. The number of carbonyl (C=O) groups excluding carboxylic acids is 1. The Kier molecular flexibility index (Phi) is 4.62. The van der Waals surface area contributed by atoms with Gasteiger partial charge >= 0.3 is 0 Å². The number of nitrogens with one attached hydrogen (secondary N) is 1. The zero-order chi connectivity index (χ0) is 15.6. The zero-order valence-corrected chi connectivity index (χ0v) is 13.2. The van der Waals surface area contributed by atoms with Gasteiger partial charge in [-0.25, -0.2) is 0 Å². The minimum atomic E-state index is -0.298. The first-order valence-electron chi connectivity index (χ1n) is 6.65. The summed E-state index contributed by atoms with van der Waals surface area (Å²) in [5, 5.41) is 10.8. The Hall–Kier alpha value is -1.89. The fourth-order valence-corrected chi connectivity index (χ4v) is 1.98. The molecule has 21 heavy (non-hydrogen) atoms. The molecule has 0 atom stereocenters. The topological polar surface area (TPSA) is 87.9 Å². The molecule has 0 aliphatic carbocycles. The van der Waals surface area contributed by atoms with Gasteiger partial charge < -0.3 is 9.42 Å². The molecule has 2 rings (SSSR count). The first-order valence-corrected chi connectivity index (χ1v) is 7.03. The van der Waals surface area contributed by atoms with Gasteiger partial charge in [0, 0.05) is 13.5 Å². The van der Waals surface area contributed by atoms with Crippen molar-refractivity contribution in [2.45, 2.75) is 33.7 Å². The molecule has 0 saturated carbocycles. The lowest BCUT2D eigenvalue weighted by atomic mass is 10.1. The summed E-state index contributed by atoms with van der Waals surface area (Å²) in [5.74, 6) is 1.19. The molecule has 0 saturated heterocycles. The quantitative estimate of drug-likeness (QED) is 0.914. The van der Waals surface area contributed by atoms with Crippen LogP contribution < -0.4 is 0 Å². The van der Waals surface area contributed by atoms with Crippen molar-refractivity contribution in [3.05, 3.63) is 28.1 Å². The maximum Gasteiger partial charge on any atom is 0.276 e. The SMILES string of the molecule is Cc1[nH]nc(C(=O)N(C)Cc2nc(CC(C)C)no2)c1Cl. The van der Waals surface area contributed by atoms with E-state index in [1.165, 1.54) is 4.90 Å². The highest BCUT2D eigenvalue weighted by Gasteiger charge is 2.21. The Balaban J connectivity index is 2.04. The molecular formula is C13H18ClN5O2. The Morgan fingerprint density at radius 2 is 2.19 bits per heavy atom. The zero-order valence-electron chi connectivity index (χ0n) is 12.5. The largest absolute Gasteiger partial charge is 0.337 e. The van der Waals surface area contributed by atoms with Crippen LogP contribution in [0.25, 0.3) is 0 Å². The summed E-state index contributed by atoms with van der Waals surface area (Å²) < 4.78 is 5.14. The molecule has 0 spiro atoms. The van der Waals surface area contributed by atoms with Gasteiger partial charge in [-0.3, -0.25) is 9.89 Å². The van der Waals surface area contributed by atoms with Crippen LogP contribution in [0.4, 0.5) is 0 Å². The van der Waals surface area contributed by atoms with Gasteiger partial charge in [0.25, 0.3) is 5.91 Å². The van der Waals surface area contributed by atoms with E-state index in [0.717, 1.165) is 6.42 Å². The fraction of sp³-hybridized carbons (Fsp3) is 0.538. The van der Waals surface area contributed by atoms with Crippen molar-refractivity contribution in [1.29, 1.82) is 0 Å². The molecule has 0 fully saturated rings. The first kappa shape index (κ1) is 15.5. The number of aromatic nitrogens is 4. The lowest BCUT2D eigenvalue weighted by molar-refractivity contribution is 0.0764. The molecule has 2 heterocycles. The first-order chi connectivity index (χ1) is 9.88. The van der Waals surface area contributed by atoms with E-state index in [4.69, 9.17) is 16.1 Å². The van der Waals surface area contributed by atoms with Gasteiger partial charge in [-0.1, -0.05) is 30.6 Å². The van der Waals surface area contributed by atoms with Gasteiger partial charge in [0.15, 0.2) is 11.5 Å². The summed E-state index contributed by atoms with van der Waals surface area (Å²) in [5.41, 5.74) is 0.851. The average Bonchev–Trinajstić information content (AvgIpc) is 2.97. The number of halogens is 1. The number of carbonyl (C=O) groups is 1. The minimum absolute atomic E-state index is 0.193. The lowest BCUT2D eigenvalue weighted by Crippen LogP contribution is -2.27. The smallest absolute Gasteiger partial charge is 0.276 e. The summed E-state index contributed by atoms with van der Waals surface area (Å²) in [4.78, 5) is 17.9. The van der Waals surface area contributed by atoms with Gasteiger partial charge in [-0.2, -0.15) is 10.1 Å². The Morgan fingerprint density at radius 3 is 2.76 bits per heavy atom. The second-order valence-electron chi connectivity index (χ2n) is 5.37. The summed E-state index contributed by atoms with van der Waals surface area (Å²) in [6, 6.07) is 0. The monoisotopic (exact) mass is 311 g/mol. The number of hydrogen-bond donors (Lipinski definition) is 1. The predicted molar refractivity (Wildman–Crippen MR) is 77.0 cm³/mol. The molecule has 2 aromatic heterocycles. The lowest BCUT2D eigenvalue weighted by Gasteiger charge is -2.13. The van der Waals surface area contributed by atoms with Crippen molar-refractivity contribution in [2.24, 2.45) is 5.92 Å². The molecule has 114 valence electrons. The Morgan fingerprint density at radius 1 is 1.48 bits per heavy atom. The minimum Gasteiger partial charge on any atom is -0.337 e. The Bertz CT molecular complexity index is 634. The third kappa shape index (κ3) is 3.60. The molecule has 1 N–H and O–H groups in total. The number of aryl methyl sites for hydroxylation is 1. The van der Waals surface area contributed by atoms with Gasteiger partial charge in [0.05, 0.1) is 10.7 Å². The molecule has 0 unspecified atom stereocenters. The van der Waals surface area contributed by atoms with Crippen LogP contribution in [0.2, 0.25) is 5.02 Å². The summed E-state index contributed by atoms with van der Waals surface area (Å²) in [7, 11) is 1.63. The van der Waals surface area contributed by atoms with Crippen molar-refractivity contribution in [3.63, 3.8) is 0 Å². The molecule has 1 amide bonds. The highest BCUT2D eigenvalue weighted by atomic mass is 35.5. The molecule has 7 nitrogen and oxygen atoms in total. The molecule has 2 aromatic rings. The van der Waals surface area contributed by atoms with Crippen molar-refractivity contribution in [3.8, 4) is 0 Å². The Labute approximate surface area is 127 Å². The van der Waals surface area contributed by atoms with E-state index < -0.39 is 0 Å². The van der Waals surface area contributed by atoms with Crippen LogP contribution in [0, 0.1) is 12.8 Å². The third-order valence-electron chi connectivity index (χ3n) is 2.90. The summed E-state index contributed by atoms with van der Waals surface area (Å²) in [6.07, 6.45) is 0.742. The van der Waals surface area contributed by atoms with E-state index in [1.807, 2.05) is 0 Å². The van der Waals surface area contributed by atoms with Crippen LogP contribution in [0.5, 0.6) is 0 Å². The van der Waals surface area contributed by atoms with Crippen LogP contribution in [0.15, 0.2) is 4.52 Å². The van der Waals surface area contributed by atoms with Crippen LogP contribution in [-0.4, -0.2) is 38.2 Å². The van der Waals surface area contributed by atoms with E-state index in [9.17, 15) is 4.79 Å². The third-order valence-corrected chi connectivity index (χ3v) is 3.36. The fourth-order valence-electron chi connectivity index (χ4n) is 1.82. The molecule has 0 aliphatic heterocycles. The maximum atomic E-state index is 12.2. The highest BCUT2D eigenvalue weighted by molar-refractivity contribution is 6.34. The van der Waals surface area contributed by atoms with Crippen LogP contribution in [-0.2, 0) is 13.0 Å². The molecule has 0 radical (unpaired) electrons. The normalized spacial score (nSPS) is 11.1. The van der Waals surface area contributed by atoms with Gasteiger partial charge in [0.2, 0.25) is 5.89 Å². The molecule has 8 heteroatoms. The van der Waals surface area contributed by atoms with Crippen LogP contribution in [0.1, 0.15) is 41.7 Å². The van der Waals surface area contributed by atoms with E-state index in [-0.39, 0.29) is 18.1 Å². The van der Waals surface area contributed by atoms with E-state index in [1.54, 1.807) is 14.0 Å². The van der Waals surface area contributed by atoms with Crippen molar-refractivity contribution >= 4 is 17.5 Å². The molecular weight excluding hydrogens is 294 g/mol. The molecule has 0 aromatic carbocycles. The van der Waals surface area contributed by atoms with Gasteiger partial charge in [0.1, 0.15) is 6.54 Å². The number of H-pyrrole nitrogens is 1. The number of hydrogen-bond acceptors (Lipinski definition) is 5. The highest BCUT2D eigenvalue weighted by Crippen LogP contribution is 2.19. The van der Waals surface area contributed by atoms with Crippen molar-refractivity contribution in [1.82, 2.24) is 25.2 Å². The number of nitrogens with zero attached hydrogens (tertiary/aromatic N) is 4. The molecule has 0 aliphatic rings. The number of rotatable bonds is 5. The van der Waals surface area contributed by atoms with Crippen molar-refractivity contribution in [2.75, 3.05) is 7.05 Å². The second kappa shape index (κ2) is 6.26. The summed E-state index contributed by atoms with van der Waals surface area (Å²) in [6.45, 7) is 6.12. The standard InChI is InChI=1S/C13H18ClN5O2/c1-7(2)5-9-15-10(21-18-9)6-19(4)13(20)12-11(14)8(3)16-17-12/h7H,5-6H2,1-4H3,(H,16,17). The van der Waals surface area contributed by atoms with E-state index >= 15 is 0 Å². The van der Waals surface area contributed by atoms with E-state index in [2.05, 4.69) is 34.2 Å². The van der Waals surface area contributed by atoms with Crippen LogP contribution >= 0.6 is 11.6 Å². The van der Waals surface area contributed by atoms with Gasteiger partial charge in [-0.05, 0) is 12.8 Å². The predicted octanol–water partition coefficient (Wildman–Crippen LogP) is 2.23. The van der Waals surface area contributed by atoms with Crippen LogP contribution in [0.3, 0.4) is 0 Å². The van der Waals surface area contributed by atoms with Gasteiger partial charge in [-0.15, -0.1) is 0 Å². The van der Waals surface area contributed by atoms with E-state index in [0.29, 0.717) is 28.3 Å².